The van der Waals surface area contributed by atoms with Gasteiger partial charge in [-0.05, 0) is 66.3 Å². The molecule has 3 aromatic rings. The molecule has 33 heavy (non-hydrogen) atoms. The highest BCUT2D eigenvalue weighted by molar-refractivity contribution is 6.35. The van der Waals surface area contributed by atoms with Gasteiger partial charge in [0.1, 0.15) is 11.4 Å². The van der Waals surface area contributed by atoms with Crippen molar-refractivity contribution in [2.75, 3.05) is 11.9 Å². The van der Waals surface area contributed by atoms with Crippen LogP contribution in [0.5, 0.6) is 0 Å². The van der Waals surface area contributed by atoms with Crippen LogP contribution in [0.3, 0.4) is 0 Å². The number of hydrogen-bond donors (Lipinski definition) is 0. The quantitative estimate of drug-likeness (QED) is 0.380. The Morgan fingerprint density at radius 2 is 1.48 bits per heavy atom. The Kier molecular flexibility index (Phi) is 5.42. The van der Waals surface area contributed by atoms with Gasteiger partial charge in [0.05, 0.1) is 5.69 Å². The van der Waals surface area contributed by atoms with Crippen LogP contribution in [0.2, 0.25) is 10.0 Å². The first-order valence-corrected chi connectivity index (χ1v) is 11.5. The normalized spacial score (nSPS) is 22.6. The van der Waals surface area contributed by atoms with E-state index < -0.39 is 5.54 Å². The lowest BCUT2D eigenvalue weighted by Gasteiger charge is -2.34. The molecule has 7 heteroatoms. The van der Waals surface area contributed by atoms with Crippen LogP contribution in [0.25, 0.3) is 11.1 Å². The van der Waals surface area contributed by atoms with Crippen LogP contribution in [0.15, 0.2) is 66.7 Å². The number of urea groups is 1. The van der Waals surface area contributed by atoms with Crippen molar-refractivity contribution in [3.05, 3.63) is 88.2 Å². The van der Waals surface area contributed by atoms with E-state index in [0.29, 0.717) is 22.2 Å². The lowest BCUT2D eigenvalue weighted by molar-refractivity contribution is -0.125. The maximum atomic E-state index is 13.8. The number of nitrogens with zero attached hydrogens (tertiary/aromatic N) is 2. The summed E-state index contributed by atoms with van der Waals surface area (Å²) in [5.41, 5.74) is 2.30. The van der Waals surface area contributed by atoms with E-state index in [1.807, 2.05) is 24.3 Å². The highest BCUT2D eigenvalue weighted by atomic mass is 35.5. The molecule has 1 aliphatic carbocycles. The van der Waals surface area contributed by atoms with E-state index in [4.69, 9.17) is 23.2 Å². The minimum Gasteiger partial charge on any atom is -0.312 e. The van der Waals surface area contributed by atoms with Crippen molar-refractivity contribution in [1.29, 1.82) is 0 Å². The number of amides is 3. The van der Waals surface area contributed by atoms with Gasteiger partial charge in [0.15, 0.2) is 0 Å². The van der Waals surface area contributed by atoms with Gasteiger partial charge in [0, 0.05) is 23.0 Å². The van der Waals surface area contributed by atoms with E-state index in [1.165, 1.54) is 17.0 Å². The molecule has 2 unspecified atom stereocenters. The summed E-state index contributed by atoms with van der Waals surface area (Å²) in [6.45, 7) is 0. The van der Waals surface area contributed by atoms with Gasteiger partial charge in [-0.2, -0.15) is 0 Å². The van der Waals surface area contributed by atoms with E-state index in [0.717, 1.165) is 29.5 Å². The largest absolute Gasteiger partial charge is 0.332 e. The van der Waals surface area contributed by atoms with Crippen molar-refractivity contribution in [1.82, 2.24) is 4.90 Å². The maximum Gasteiger partial charge on any atom is 0.332 e. The van der Waals surface area contributed by atoms with Crippen molar-refractivity contribution in [3.8, 4) is 11.1 Å². The molecule has 0 aromatic heterocycles. The number of likely N-dealkylation sites (N-methyl/N-ethyl adjacent to an activating group) is 1. The first-order chi connectivity index (χ1) is 15.8. The minimum absolute atomic E-state index is 0.138. The summed E-state index contributed by atoms with van der Waals surface area (Å²) >= 11 is 12.3. The number of anilines is 1. The molecule has 4 nitrogen and oxygen atoms in total. The lowest BCUT2D eigenvalue weighted by Crippen LogP contribution is -2.49. The molecule has 3 aromatic carbocycles. The van der Waals surface area contributed by atoms with E-state index in [-0.39, 0.29) is 23.7 Å². The molecule has 1 spiro atoms. The second kappa shape index (κ2) is 8.15. The summed E-state index contributed by atoms with van der Waals surface area (Å²) in [6.07, 6.45) is 2.21. The molecule has 2 fully saturated rings. The summed E-state index contributed by atoms with van der Waals surface area (Å²) in [5, 5.41) is 0.724. The Labute approximate surface area is 201 Å². The SMILES string of the molecule is CN1C(=O)N(c2cc(Cl)cc(Cl)c2)C(=O)C12CCCC2c1ccc(-c2ccc(F)cc2)cc1. The second-order valence-electron chi connectivity index (χ2n) is 8.61. The van der Waals surface area contributed by atoms with Crippen molar-refractivity contribution < 1.29 is 14.0 Å². The van der Waals surface area contributed by atoms with Gasteiger partial charge < -0.3 is 4.90 Å². The molecule has 1 heterocycles. The fourth-order valence-corrected chi connectivity index (χ4v) is 5.79. The van der Waals surface area contributed by atoms with Gasteiger partial charge in [-0.15, -0.1) is 0 Å². The van der Waals surface area contributed by atoms with Gasteiger partial charge in [-0.25, -0.2) is 14.1 Å². The van der Waals surface area contributed by atoms with Crippen LogP contribution in [0.4, 0.5) is 14.9 Å². The Balaban J connectivity index is 1.50. The van der Waals surface area contributed by atoms with E-state index >= 15 is 0 Å². The third-order valence-electron chi connectivity index (χ3n) is 6.87. The molecule has 168 valence electrons. The number of halogens is 3. The monoisotopic (exact) mass is 482 g/mol. The van der Waals surface area contributed by atoms with E-state index in [9.17, 15) is 14.0 Å². The van der Waals surface area contributed by atoms with E-state index in [1.54, 1.807) is 42.3 Å². The van der Waals surface area contributed by atoms with Gasteiger partial charge in [-0.3, -0.25) is 4.79 Å². The Hall–Kier alpha value is -2.89. The van der Waals surface area contributed by atoms with Crippen molar-refractivity contribution in [2.24, 2.45) is 0 Å². The summed E-state index contributed by atoms with van der Waals surface area (Å²) in [7, 11) is 1.69. The first-order valence-electron chi connectivity index (χ1n) is 10.8. The standard InChI is InChI=1S/C26H21Cl2FN2O2/c1-30-25(33)31(22-14-19(27)13-20(28)15-22)24(32)26(30)12-2-3-23(26)18-6-4-16(5-7-18)17-8-10-21(29)11-9-17/h4-11,13-15,23H,2-3,12H2,1H3. The number of carbonyl (C=O) groups excluding carboxylic acids is 2. The van der Waals surface area contributed by atoms with Crippen LogP contribution < -0.4 is 4.90 Å². The Morgan fingerprint density at radius 3 is 2.09 bits per heavy atom. The molecule has 0 bridgehead atoms. The predicted molar refractivity (Wildman–Crippen MR) is 128 cm³/mol. The molecule has 1 saturated heterocycles. The molecular formula is C26H21Cl2FN2O2. The van der Waals surface area contributed by atoms with Gasteiger partial charge in [0.2, 0.25) is 0 Å². The third-order valence-corrected chi connectivity index (χ3v) is 7.31. The molecule has 2 atom stereocenters. The first kappa shape index (κ1) is 21.9. The molecule has 1 saturated carbocycles. The van der Waals surface area contributed by atoms with Gasteiger partial charge >= 0.3 is 6.03 Å². The van der Waals surface area contributed by atoms with Crippen LogP contribution in [0.1, 0.15) is 30.7 Å². The Bertz CT molecular complexity index is 1230. The minimum atomic E-state index is -0.955. The molecule has 1 aliphatic heterocycles. The summed E-state index contributed by atoms with van der Waals surface area (Å²) in [5.74, 6) is -0.666. The number of imide groups is 1. The second-order valence-corrected chi connectivity index (χ2v) is 9.48. The Morgan fingerprint density at radius 1 is 0.909 bits per heavy atom. The van der Waals surface area contributed by atoms with Gasteiger partial charge in [0.25, 0.3) is 5.91 Å². The average molecular weight is 483 g/mol. The van der Waals surface area contributed by atoms with Crippen molar-refractivity contribution >= 4 is 40.8 Å². The number of hydrogen-bond acceptors (Lipinski definition) is 2. The van der Waals surface area contributed by atoms with Crippen molar-refractivity contribution in [3.63, 3.8) is 0 Å². The zero-order valence-electron chi connectivity index (χ0n) is 17.9. The highest BCUT2D eigenvalue weighted by Crippen LogP contribution is 2.51. The molecular weight excluding hydrogens is 462 g/mol. The number of rotatable bonds is 3. The third kappa shape index (κ3) is 3.51. The summed E-state index contributed by atoms with van der Waals surface area (Å²) < 4.78 is 13.3. The van der Waals surface area contributed by atoms with Crippen LogP contribution in [-0.2, 0) is 4.79 Å². The fourth-order valence-electron chi connectivity index (χ4n) is 5.28. The average Bonchev–Trinajstić information content (AvgIpc) is 3.31. The molecule has 0 radical (unpaired) electrons. The molecule has 0 N–H and O–H groups in total. The lowest BCUT2D eigenvalue weighted by atomic mass is 9.80. The molecule has 5 rings (SSSR count). The van der Waals surface area contributed by atoms with Gasteiger partial charge in [-0.1, -0.05) is 59.6 Å². The van der Waals surface area contributed by atoms with Crippen LogP contribution in [0, 0.1) is 5.82 Å². The molecule has 3 amide bonds. The summed E-state index contributed by atoms with van der Waals surface area (Å²) in [6, 6.07) is 18.6. The highest BCUT2D eigenvalue weighted by Gasteiger charge is 2.62. The number of carbonyl (C=O) groups is 2. The van der Waals surface area contributed by atoms with Crippen LogP contribution >= 0.6 is 23.2 Å². The fraction of sp³-hybridized carbons (Fsp3) is 0.231. The molecule has 2 aliphatic rings. The van der Waals surface area contributed by atoms with Crippen molar-refractivity contribution in [2.45, 2.75) is 30.7 Å². The van der Waals surface area contributed by atoms with E-state index in [2.05, 4.69) is 0 Å². The number of benzene rings is 3. The zero-order valence-corrected chi connectivity index (χ0v) is 19.4. The maximum absolute atomic E-state index is 13.8. The summed E-state index contributed by atoms with van der Waals surface area (Å²) in [4.78, 5) is 29.9. The smallest absolute Gasteiger partial charge is 0.312 e. The topological polar surface area (TPSA) is 40.6 Å². The van der Waals surface area contributed by atoms with Crippen LogP contribution in [-0.4, -0.2) is 29.4 Å². The predicted octanol–water partition coefficient (Wildman–Crippen LogP) is 6.90. The zero-order chi connectivity index (χ0) is 23.3.